The molecule has 4 N–H and O–H groups in total. The number of amides is 1. The van der Waals surface area contributed by atoms with Crippen LogP contribution in [-0.4, -0.2) is 17.1 Å². The second-order valence-electron chi connectivity index (χ2n) is 4.22. The number of fused-ring (bicyclic) bond motifs is 1. The number of carbonyl (C=O) groups is 1. The second-order valence-corrected chi connectivity index (χ2v) is 4.22. The zero-order valence-electron chi connectivity index (χ0n) is 10.1. The lowest BCUT2D eigenvalue weighted by atomic mass is 10.0. The van der Waals surface area contributed by atoms with Crippen LogP contribution < -0.4 is 11.2 Å². The van der Waals surface area contributed by atoms with Crippen molar-refractivity contribution in [1.82, 2.24) is 4.98 Å². The number of primary amides is 1. The van der Waals surface area contributed by atoms with E-state index in [1.807, 2.05) is 30.4 Å². The normalized spacial score (nSPS) is 12.6. The average Bonchev–Trinajstić information content (AvgIpc) is 2.78. The topological polar surface area (TPSA) is 83.3 Å². The fourth-order valence-electron chi connectivity index (χ4n) is 1.98. The molecule has 3 rings (SSSR count). The monoisotopic (exact) mass is 252 g/mol. The van der Waals surface area contributed by atoms with Gasteiger partial charge in [0.1, 0.15) is 5.69 Å². The van der Waals surface area contributed by atoms with Crippen molar-refractivity contribution >= 4 is 23.9 Å². The first kappa shape index (κ1) is 11.3. The Bertz CT molecular complexity index is 697. The van der Waals surface area contributed by atoms with Crippen molar-refractivity contribution in [3.63, 3.8) is 0 Å². The number of nitrogens with two attached hydrogens (primary N) is 1. The first-order valence-corrected chi connectivity index (χ1v) is 5.82. The number of nitrogens with one attached hydrogen (secondary N) is 2. The molecular weight excluding hydrogens is 240 g/mol. The Morgan fingerprint density at radius 3 is 2.89 bits per heavy atom. The van der Waals surface area contributed by atoms with Crippen molar-refractivity contribution in [1.29, 1.82) is 0 Å². The Hall–Kier alpha value is -2.82. The molecule has 1 aromatic carbocycles. The second kappa shape index (κ2) is 4.45. The zero-order valence-corrected chi connectivity index (χ0v) is 10.1. The Morgan fingerprint density at radius 2 is 2.11 bits per heavy atom. The van der Waals surface area contributed by atoms with E-state index in [0.717, 1.165) is 22.4 Å². The largest absolute Gasteiger partial charge is 0.364 e. The maximum atomic E-state index is 11.1. The van der Waals surface area contributed by atoms with E-state index in [9.17, 15) is 4.79 Å². The highest BCUT2D eigenvalue weighted by Crippen LogP contribution is 2.27. The smallest absolute Gasteiger partial charge is 0.265 e. The van der Waals surface area contributed by atoms with E-state index in [0.29, 0.717) is 5.69 Å². The maximum Gasteiger partial charge on any atom is 0.265 e. The predicted molar refractivity (Wildman–Crippen MR) is 75.9 cm³/mol. The van der Waals surface area contributed by atoms with Crippen LogP contribution in [0.2, 0.25) is 0 Å². The fraction of sp³-hybridized carbons (Fsp3) is 0. The van der Waals surface area contributed by atoms with Gasteiger partial charge >= 0.3 is 0 Å². The van der Waals surface area contributed by atoms with Crippen molar-refractivity contribution in [3.8, 4) is 11.1 Å². The molecule has 0 radical (unpaired) electrons. The Kier molecular flexibility index (Phi) is 2.64. The van der Waals surface area contributed by atoms with Crippen molar-refractivity contribution < 1.29 is 4.79 Å². The molecule has 2 heterocycles. The number of H-pyrrole nitrogens is 1. The minimum atomic E-state index is -0.466. The van der Waals surface area contributed by atoms with Gasteiger partial charge in [-0.2, -0.15) is 5.10 Å². The molecule has 1 aliphatic rings. The number of carbonyl (C=O) groups excluding carboxylic acids is 1. The number of aromatic nitrogens is 1. The van der Waals surface area contributed by atoms with Crippen LogP contribution in [0.15, 0.2) is 41.6 Å². The summed E-state index contributed by atoms with van der Waals surface area (Å²) < 4.78 is 0. The molecule has 19 heavy (non-hydrogen) atoms. The van der Waals surface area contributed by atoms with Gasteiger partial charge in [0.05, 0.1) is 5.69 Å². The third-order valence-electron chi connectivity index (χ3n) is 2.96. The molecule has 5 heteroatoms. The lowest BCUT2D eigenvalue weighted by Crippen LogP contribution is -2.10. The molecule has 1 amide bonds. The molecule has 0 aliphatic carbocycles. The van der Waals surface area contributed by atoms with Gasteiger partial charge in [-0.25, -0.2) is 0 Å². The van der Waals surface area contributed by atoms with Crippen LogP contribution in [0.5, 0.6) is 0 Å². The molecule has 0 saturated carbocycles. The van der Waals surface area contributed by atoms with Crippen LogP contribution in [0.1, 0.15) is 16.1 Å². The van der Waals surface area contributed by atoms with E-state index in [1.54, 1.807) is 18.5 Å². The Labute approximate surface area is 109 Å². The van der Waals surface area contributed by atoms with Crippen LogP contribution in [0.4, 0.5) is 5.69 Å². The maximum absolute atomic E-state index is 11.1. The van der Waals surface area contributed by atoms with Gasteiger partial charge in [0.25, 0.3) is 5.91 Å². The van der Waals surface area contributed by atoms with Crippen LogP contribution in [-0.2, 0) is 0 Å². The zero-order chi connectivity index (χ0) is 13.2. The summed E-state index contributed by atoms with van der Waals surface area (Å²) in [5.74, 6) is -0.466. The molecule has 0 fully saturated rings. The molecule has 0 saturated heterocycles. The number of hydrazone groups is 1. The number of aromatic amines is 1. The summed E-state index contributed by atoms with van der Waals surface area (Å²) >= 11 is 0. The highest BCUT2D eigenvalue weighted by atomic mass is 16.1. The van der Waals surface area contributed by atoms with Crippen molar-refractivity contribution in [2.45, 2.75) is 0 Å². The number of hydrogen-bond donors (Lipinski definition) is 3. The quantitative estimate of drug-likeness (QED) is 0.765. The van der Waals surface area contributed by atoms with Gasteiger partial charge in [-0.1, -0.05) is 18.2 Å². The van der Waals surface area contributed by atoms with Crippen molar-refractivity contribution in [2.75, 3.05) is 5.43 Å². The Morgan fingerprint density at radius 1 is 1.21 bits per heavy atom. The summed E-state index contributed by atoms with van der Waals surface area (Å²) in [5.41, 5.74) is 12.5. The molecule has 0 spiro atoms. The fourth-order valence-corrected chi connectivity index (χ4v) is 1.98. The molecule has 0 bridgehead atoms. The van der Waals surface area contributed by atoms with Crippen molar-refractivity contribution in [3.05, 3.63) is 47.8 Å². The SMILES string of the molecule is NC(=O)c1cc(-c2ccc3c(c2)NN=CC=C3)c[nH]1. The van der Waals surface area contributed by atoms with Gasteiger partial charge in [-0.15, -0.1) is 0 Å². The van der Waals surface area contributed by atoms with E-state index >= 15 is 0 Å². The molecular formula is C14H12N4O. The number of nitrogens with zero attached hydrogens (tertiary/aromatic N) is 1. The summed E-state index contributed by atoms with van der Waals surface area (Å²) in [6.07, 6.45) is 7.31. The first-order chi connectivity index (χ1) is 9.24. The molecule has 5 nitrogen and oxygen atoms in total. The molecule has 0 unspecified atom stereocenters. The summed E-state index contributed by atoms with van der Waals surface area (Å²) in [4.78, 5) is 13.9. The van der Waals surface area contributed by atoms with E-state index in [1.165, 1.54) is 0 Å². The summed E-state index contributed by atoms with van der Waals surface area (Å²) in [6.45, 7) is 0. The van der Waals surface area contributed by atoms with E-state index in [2.05, 4.69) is 15.5 Å². The average molecular weight is 252 g/mol. The highest BCUT2D eigenvalue weighted by Gasteiger charge is 2.08. The van der Waals surface area contributed by atoms with Gasteiger partial charge in [-0.3, -0.25) is 10.2 Å². The molecule has 1 aromatic heterocycles. The van der Waals surface area contributed by atoms with Crippen LogP contribution in [0.25, 0.3) is 17.2 Å². The van der Waals surface area contributed by atoms with E-state index in [4.69, 9.17) is 5.73 Å². The third kappa shape index (κ3) is 2.13. The summed E-state index contributed by atoms with van der Waals surface area (Å²) in [5, 5.41) is 4.04. The standard InChI is InChI=1S/C14H12N4O/c15-14(19)13-7-11(8-16-13)10-4-3-9-2-1-5-17-18-12(9)6-10/h1-8,16,18H,(H2,15,19). The minimum Gasteiger partial charge on any atom is -0.364 e. The molecule has 1 aliphatic heterocycles. The van der Waals surface area contributed by atoms with Gasteiger partial charge < -0.3 is 10.7 Å². The predicted octanol–water partition coefficient (Wildman–Crippen LogP) is 2.21. The van der Waals surface area contributed by atoms with Crippen LogP contribution >= 0.6 is 0 Å². The number of hydrogen-bond acceptors (Lipinski definition) is 3. The lowest BCUT2D eigenvalue weighted by Gasteiger charge is -2.06. The van der Waals surface area contributed by atoms with Gasteiger partial charge in [0, 0.05) is 18.0 Å². The molecule has 94 valence electrons. The van der Waals surface area contributed by atoms with Gasteiger partial charge in [0.15, 0.2) is 0 Å². The summed E-state index contributed by atoms with van der Waals surface area (Å²) in [6, 6.07) is 7.71. The van der Waals surface area contributed by atoms with Crippen LogP contribution in [0, 0.1) is 0 Å². The van der Waals surface area contributed by atoms with Crippen molar-refractivity contribution in [2.24, 2.45) is 10.8 Å². The number of rotatable bonds is 2. The number of allylic oxidation sites excluding steroid dienone is 1. The third-order valence-corrected chi connectivity index (χ3v) is 2.96. The molecule has 0 atom stereocenters. The Balaban J connectivity index is 2.01. The summed E-state index contributed by atoms with van der Waals surface area (Å²) in [7, 11) is 0. The highest BCUT2D eigenvalue weighted by molar-refractivity contribution is 5.93. The first-order valence-electron chi connectivity index (χ1n) is 5.82. The van der Waals surface area contributed by atoms with Gasteiger partial charge in [0.2, 0.25) is 0 Å². The minimum absolute atomic E-state index is 0.399. The molecule has 2 aromatic rings. The number of benzene rings is 1. The van der Waals surface area contributed by atoms with Crippen LogP contribution in [0.3, 0.4) is 0 Å². The van der Waals surface area contributed by atoms with E-state index < -0.39 is 5.91 Å². The lowest BCUT2D eigenvalue weighted by molar-refractivity contribution is 0.0996. The number of anilines is 1. The van der Waals surface area contributed by atoms with E-state index in [-0.39, 0.29) is 0 Å². The van der Waals surface area contributed by atoms with Gasteiger partial charge in [-0.05, 0) is 29.3 Å².